The zero-order chi connectivity index (χ0) is 30.2. The van der Waals surface area contributed by atoms with Crippen molar-refractivity contribution in [2.45, 2.75) is 26.5 Å². The molecule has 44 heavy (non-hydrogen) atoms. The number of benzene rings is 4. The number of aromatic nitrogens is 1. The Morgan fingerprint density at radius 1 is 1.02 bits per heavy atom. The van der Waals surface area contributed by atoms with E-state index < -0.39 is 12.0 Å². The van der Waals surface area contributed by atoms with Gasteiger partial charge in [-0.2, -0.15) is 0 Å². The fourth-order valence-corrected chi connectivity index (χ4v) is 6.63. The van der Waals surface area contributed by atoms with Gasteiger partial charge in [0.1, 0.15) is 12.4 Å². The van der Waals surface area contributed by atoms with Gasteiger partial charge in [-0.15, -0.1) is 0 Å². The molecule has 0 N–H and O–H groups in total. The van der Waals surface area contributed by atoms with Crippen molar-refractivity contribution in [2.24, 2.45) is 4.99 Å². The first-order valence-electron chi connectivity index (χ1n) is 14.3. The standard InChI is InChI=1S/C35H28N2O6S/c1-3-40-34(39)31-21(2)36-35-37(32(31)24-13-16-28-29(18-24)43-20-42-28)33(38)30(44-35)17-22-11-14-26(15-12-22)41-19-25-9-6-8-23-7-4-5-10-27(23)25/h4-18,32H,3,19-20H2,1-2H3. The van der Waals surface area contributed by atoms with Gasteiger partial charge in [0.2, 0.25) is 6.79 Å². The van der Waals surface area contributed by atoms with Crippen LogP contribution in [0.5, 0.6) is 17.2 Å². The number of nitrogens with zero attached hydrogens (tertiary/aromatic N) is 2. The van der Waals surface area contributed by atoms with Crippen LogP contribution in [0.15, 0.2) is 106 Å². The van der Waals surface area contributed by atoms with E-state index in [1.165, 1.54) is 22.1 Å². The minimum absolute atomic E-state index is 0.119. The van der Waals surface area contributed by atoms with Gasteiger partial charge in [0.25, 0.3) is 5.56 Å². The van der Waals surface area contributed by atoms with E-state index in [1.54, 1.807) is 30.5 Å². The van der Waals surface area contributed by atoms with Gasteiger partial charge in [-0.25, -0.2) is 9.79 Å². The third-order valence-electron chi connectivity index (χ3n) is 7.68. The normalized spacial score (nSPS) is 15.7. The van der Waals surface area contributed by atoms with Gasteiger partial charge in [-0.1, -0.05) is 72.0 Å². The molecular weight excluding hydrogens is 576 g/mol. The Bertz CT molecular complexity index is 2120. The number of esters is 1. The minimum atomic E-state index is -0.730. The average Bonchev–Trinajstić information content (AvgIpc) is 3.63. The van der Waals surface area contributed by atoms with Crippen LogP contribution >= 0.6 is 11.3 Å². The van der Waals surface area contributed by atoms with Gasteiger partial charge in [0.15, 0.2) is 16.3 Å². The highest BCUT2D eigenvalue weighted by Crippen LogP contribution is 2.38. The molecule has 2 aliphatic rings. The van der Waals surface area contributed by atoms with Gasteiger partial charge in [0, 0.05) is 0 Å². The molecule has 5 aromatic rings. The van der Waals surface area contributed by atoms with Crippen LogP contribution in [0.2, 0.25) is 0 Å². The molecule has 1 unspecified atom stereocenters. The number of hydrogen-bond donors (Lipinski definition) is 0. The number of ether oxygens (including phenoxy) is 4. The zero-order valence-corrected chi connectivity index (χ0v) is 24.9. The first-order valence-corrected chi connectivity index (χ1v) is 15.1. The number of hydrogen-bond acceptors (Lipinski definition) is 8. The van der Waals surface area contributed by atoms with Crippen molar-refractivity contribution in [1.29, 1.82) is 0 Å². The predicted molar refractivity (Wildman–Crippen MR) is 168 cm³/mol. The molecule has 3 heterocycles. The largest absolute Gasteiger partial charge is 0.489 e. The zero-order valence-electron chi connectivity index (χ0n) is 24.1. The summed E-state index contributed by atoms with van der Waals surface area (Å²) in [4.78, 5) is 32.2. The molecule has 1 atom stereocenters. The minimum Gasteiger partial charge on any atom is -0.489 e. The number of fused-ring (bicyclic) bond motifs is 3. The van der Waals surface area contributed by atoms with Crippen molar-refractivity contribution < 1.29 is 23.7 Å². The molecule has 220 valence electrons. The SMILES string of the molecule is CCOC(=O)C1=C(C)N=c2sc(=Cc3ccc(OCc4cccc5ccccc45)cc3)c(=O)n2C1c1ccc2c(c1)OCO2. The summed E-state index contributed by atoms with van der Waals surface area (Å²) in [5, 5.41) is 2.35. The van der Waals surface area contributed by atoms with Crippen molar-refractivity contribution >= 4 is 34.2 Å². The summed E-state index contributed by atoms with van der Waals surface area (Å²) in [7, 11) is 0. The van der Waals surface area contributed by atoms with Gasteiger partial charge in [0.05, 0.1) is 28.5 Å². The molecule has 8 nitrogen and oxygen atoms in total. The molecule has 0 fully saturated rings. The van der Waals surface area contributed by atoms with Gasteiger partial charge in [-0.3, -0.25) is 9.36 Å². The van der Waals surface area contributed by atoms with Crippen molar-refractivity contribution in [3.8, 4) is 17.2 Å². The fourth-order valence-electron chi connectivity index (χ4n) is 5.58. The molecule has 2 aliphatic heterocycles. The molecular formula is C35H28N2O6S. The monoisotopic (exact) mass is 604 g/mol. The van der Waals surface area contributed by atoms with Crippen LogP contribution in [0.3, 0.4) is 0 Å². The van der Waals surface area contributed by atoms with Crippen molar-refractivity contribution in [2.75, 3.05) is 13.4 Å². The number of allylic oxidation sites excluding steroid dienone is 1. The maximum Gasteiger partial charge on any atom is 0.338 e. The highest BCUT2D eigenvalue weighted by Gasteiger charge is 2.34. The molecule has 7 rings (SSSR count). The molecule has 9 heteroatoms. The van der Waals surface area contributed by atoms with Crippen LogP contribution < -0.4 is 29.1 Å². The van der Waals surface area contributed by atoms with Crippen LogP contribution in [0.1, 0.15) is 36.6 Å². The molecule has 0 spiro atoms. The van der Waals surface area contributed by atoms with E-state index in [0.717, 1.165) is 16.9 Å². The maximum atomic E-state index is 13.9. The lowest BCUT2D eigenvalue weighted by molar-refractivity contribution is -0.139. The summed E-state index contributed by atoms with van der Waals surface area (Å²) < 4.78 is 24.6. The Balaban J connectivity index is 1.21. The third-order valence-corrected chi connectivity index (χ3v) is 8.66. The fraction of sp³-hybridized carbons (Fsp3) is 0.171. The lowest BCUT2D eigenvalue weighted by atomic mass is 9.95. The van der Waals surface area contributed by atoms with E-state index in [1.807, 2.05) is 54.6 Å². The molecule has 0 amide bonds. The quantitative estimate of drug-likeness (QED) is 0.236. The lowest BCUT2D eigenvalue weighted by Gasteiger charge is -2.24. The number of rotatable bonds is 7. The summed E-state index contributed by atoms with van der Waals surface area (Å²) >= 11 is 1.28. The molecule has 0 saturated carbocycles. The summed E-state index contributed by atoms with van der Waals surface area (Å²) in [6, 6.07) is 26.8. The predicted octanol–water partition coefficient (Wildman–Crippen LogP) is 5.26. The second-order valence-electron chi connectivity index (χ2n) is 10.4. The van der Waals surface area contributed by atoms with E-state index in [0.29, 0.717) is 44.3 Å². The smallest absolute Gasteiger partial charge is 0.338 e. The van der Waals surface area contributed by atoms with Crippen molar-refractivity contribution in [1.82, 2.24) is 4.57 Å². The molecule has 0 radical (unpaired) electrons. The second-order valence-corrected chi connectivity index (χ2v) is 11.4. The average molecular weight is 605 g/mol. The lowest BCUT2D eigenvalue weighted by Crippen LogP contribution is -2.39. The second kappa shape index (κ2) is 11.5. The van der Waals surface area contributed by atoms with E-state index >= 15 is 0 Å². The summed E-state index contributed by atoms with van der Waals surface area (Å²) in [5.41, 5.74) is 3.23. The molecule has 0 saturated heterocycles. The molecule has 4 aromatic carbocycles. The summed E-state index contributed by atoms with van der Waals surface area (Å²) in [6.07, 6.45) is 1.83. The van der Waals surface area contributed by atoms with Crippen molar-refractivity contribution in [3.05, 3.63) is 133 Å². The molecule has 0 aliphatic carbocycles. The topological polar surface area (TPSA) is 88.4 Å². The van der Waals surface area contributed by atoms with E-state index in [9.17, 15) is 9.59 Å². The molecule has 1 aromatic heterocycles. The van der Waals surface area contributed by atoms with Crippen molar-refractivity contribution in [3.63, 3.8) is 0 Å². The van der Waals surface area contributed by atoms with Crippen LogP contribution in [-0.2, 0) is 16.1 Å². The Labute approximate surface area is 256 Å². The van der Waals surface area contributed by atoms with E-state index in [4.69, 9.17) is 18.9 Å². The number of thiazole rings is 1. The van der Waals surface area contributed by atoms with E-state index in [2.05, 4.69) is 29.3 Å². The third kappa shape index (κ3) is 5.05. The van der Waals surface area contributed by atoms with E-state index in [-0.39, 0.29) is 19.0 Å². The van der Waals surface area contributed by atoms with Gasteiger partial charge in [-0.05, 0) is 71.7 Å². The van der Waals surface area contributed by atoms with Gasteiger partial charge < -0.3 is 18.9 Å². The van der Waals surface area contributed by atoms with Crippen LogP contribution in [-0.4, -0.2) is 23.9 Å². The summed E-state index contributed by atoms with van der Waals surface area (Å²) in [6.45, 7) is 4.28. The first-order chi connectivity index (χ1) is 21.5. The molecule has 0 bridgehead atoms. The Morgan fingerprint density at radius 3 is 2.66 bits per heavy atom. The first kappa shape index (κ1) is 27.7. The summed E-state index contributed by atoms with van der Waals surface area (Å²) in [5.74, 6) is 1.40. The Hall–Kier alpha value is -5.15. The number of carbonyl (C=O) groups is 1. The van der Waals surface area contributed by atoms with Crippen LogP contribution in [0, 0.1) is 0 Å². The van der Waals surface area contributed by atoms with Crippen LogP contribution in [0.25, 0.3) is 16.8 Å². The van der Waals surface area contributed by atoms with Crippen LogP contribution in [0.4, 0.5) is 0 Å². The maximum absolute atomic E-state index is 13.9. The highest BCUT2D eigenvalue weighted by molar-refractivity contribution is 7.07. The Kier molecular flexibility index (Phi) is 7.23. The Morgan fingerprint density at radius 2 is 1.82 bits per heavy atom. The number of carbonyl (C=O) groups excluding carboxylic acids is 1. The highest BCUT2D eigenvalue weighted by atomic mass is 32.1. The van der Waals surface area contributed by atoms with Gasteiger partial charge >= 0.3 is 5.97 Å².